The maximum atomic E-state index is 12.7. The number of nitrogen functional groups attached to an aromatic ring is 1. The lowest BCUT2D eigenvalue weighted by atomic mass is 10.2. The first-order chi connectivity index (χ1) is 9.75. The number of hydrogen-bond donors (Lipinski definition) is 1. The number of aromatic nitrogens is 2. The van der Waals surface area contributed by atoms with Crippen molar-refractivity contribution in [3.8, 4) is 0 Å². The van der Waals surface area contributed by atoms with Gasteiger partial charge in [-0.25, -0.2) is 4.98 Å². The fourth-order valence-electron chi connectivity index (χ4n) is 1.74. The molecule has 2 N–H and O–H groups in total. The highest BCUT2D eigenvalue weighted by molar-refractivity contribution is 6.30. The van der Waals surface area contributed by atoms with E-state index in [0.717, 1.165) is 11.6 Å². The van der Waals surface area contributed by atoms with Crippen molar-refractivity contribution in [2.75, 3.05) is 17.7 Å². The SMILES string of the molecule is CN(Cc1ccc(Cl)cc1)c1cc(C(F)(F)F)nc(N)n1. The maximum Gasteiger partial charge on any atom is 0.433 e. The summed E-state index contributed by atoms with van der Waals surface area (Å²) in [5.41, 5.74) is 5.16. The number of anilines is 2. The average molecular weight is 317 g/mol. The monoisotopic (exact) mass is 316 g/mol. The molecule has 0 aliphatic carbocycles. The number of nitrogens with zero attached hydrogens (tertiary/aromatic N) is 3. The molecule has 1 heterocycles. The molecule has 0 saturated carbocycles. The summed E-state index contributed by atoms with van der Waals surface area (Å²) in [5, 5.41) is 0.590. The molecule has 0 unspecified atom stereocenters. The minimum atomic E-state index is -4.56. The van der Waals surface area contributed by atoms with Gasteiger partial charge in [0.05, 0.1) is 0 Å². The van der Waals surface area contributed by atoms with Crippen LogP contribution in [0.3, 0.4) is 0 Å². The lowest BCUT2D eigenvalue weighted by Crippen LogP contribution is -2.20. The molecule has 1 aromatic heterocycles. The van der Waals surface area contributed by atoms with Crippen LogP contribution in [-0.2, 0) is 12.7 Å². The summed E-state index contributed by atoms with van der Waals surface area (Å²) >= 11 is 5.78. The zero-order valence-corrected chi connectivity index (χ0v) is 11.8. The van der Waals surface area contributed by atoms with E-state index in [1.54, 1.807) is 36.2 Å². The fraction of sp³-hybridized carbons (Fsp3) is 0.231. The van der Waals surface area contributed by atoms with E-state index in [2.05, 4.69) is 9.97 Å². The lowest BCUT2D eigenvalue weighted by molar-refractivity contribution is -0.141. The Balaban J connectivity index is 2.24. The van der Waals surface area contributed by atoms with Gasteiger partial charge in [0, 0.05) is 24.7 Å². The molecule has 0 atom stereocenters. The molecule has 0 amide bonds. The molecule has 0 aliphatic heterocycles. The molecule has 0 aliphatic rings. The van der Waals surface area contributed by atoms with Crippen LogP contribution in [0.15, 0.2) is 30.3 Å². The maximum absolute atomic E-state index is 12.7. The Labute approximate surface area is 124 Å². The average Bonchev–Trinajstić information content (AvgIpc) is 2.39. The summed E-state index contributed by atoms with van der Waals surface area (Å²) in [6.45, 7) is 0.366. The number of nitrogens with two attached hydrogens (primary N) is 1. The van der Waals surface area contributed by atoms with Gasteiger partial charge in [0.1, 0.15) is 5.82 Å². The Kier molecular flexibility index (Phi) is 4.22. The van der Waals surface area contributed by atoms with E-state index >= 15 is 0 Å². The largest absolute Gasteiger partial charge is 0.433 e. The second kappa shape index (κ2) is 5.77. The molecule has 1 aromatic carbocycles. The summed E-state index contributed by atoms with van der Waals surface area (Å²) in [6.07, 6.45) is -4.56. The van der Waals surface area contributed by atoms with Crippen molar-refractivity contribution >= 4 is 23.4 Å². The predicted molar refractivity (Wildman–Crippen MR) is 75.0 cm³/mol. The summed E-state index contributed by atoms with van der Waals surface area (Å²) in [4.78, 5) is 8.58. The van der Waals surface area contributed by atoms with Gasteiger partial charge < -0.3 is 10.6 Å². The van der Waals surface area contributed by atoms with Gasteiger partial charge in [-0.05, 0) is 17.7 Å². The van der Waals surface area contributed by atoms with Crippen molar-refractivity contribution in [1.29, 1.82) is 0 Å². The van der Waals surface area contributed by atoms with Gasteiger partial charge in [0.15, 0.2) is 5.69 Å². The molecule has 0 bridgehead atoms. The van der Waals surface area contributed by atoms with Gasteiger partial charge in [-0.15, -0.1) is 0 Å². The van der Waals surface area contributed by atoms with E-state index in [4.69, 9.17) is 17.3 Å². The Morgan fingerprint density at radius 1 is 1.19 bits per heavy atom. The van der Waals surface area contributed by atoms with Crippen LogP contribution in [0.25, 0.3) is 0 Å². The van der Waals surface area contributed by atoms with Crippen LogP contribution in [0, 0.1) is 0 Å². The van der Waals surface area contributed by atoms with Gasteiger partial charge in [-0.2, -0.15) is 18.2 Å². The summed E-state index contributed by atoms with van der Waals surface area (Å²) in [6, 6.07) is 7.86. The van der Waals surface area contributed by atoms with Crippen LogP contribution in [0.2, 0.25) is 5.02 Å². The third-order valence-corrected chi connectivity index (χ3v) is 3.00. The fourth-order valence-corrected chi connectivity index (χ4v) is 1.86. The van der Waals surface area contributed by atoms with Crippen molar-refractivity contribution in [2.45, 2.75) is 12.7 Å². The predicted octanol–water partition coefficient (Wildman–Crippen LogP) is 3.37. The molecule has 2 aromatic rings. The van der Waals surface area contributed by atoms with Crippen LogP contribution < -0.4 is 10.6 Å². The Morgan fingerprint density at radius 3 is 2.38 bits per heavy atom. The molecule has 21 heavy (non-hydrogen) atoms. The lowest BCUT2D eigenvalue weighted by Gasteiger charge is -2.19. The second-order valence-corrected chi connectivity index (χ2v) is 4.89. The topological polar surface area (TPSA) is 55.0 Å². The Hall–Kier alpha value is -2.02. The minimum Gasteiger partial charge on any atom is -0.368 e. The Bertz CT molecular complexity index is 628. The third kappa shape index (κ3) is 3.98. The molecule has 0 fully saturated rings. The molecule has 0 spiro atoms. The first-order valence-electron chi connectivity index (χ1n) is 5.93. The van der Waals surface area contributed by atoms with E-state index in [0.29, 0.717) is 11.6 Å². The summed E-state index contributed by atoms with van der Waals surface area (Å²) < 4.78 is 38.1. The van der Waals surface area contributed by atoms with Crippen molar-refractivity contribution in [1.82, 2.24) is 9.97 Å². The normalized spacial score (nSPS) is 11.5. The zero-order valence-electron chi connectivity index (χ0n) is 11.0. The van der Waals surface area contributed by atoms with Crippen molar-refractivity contribution in [3.05, 3.63) is 46.6 Å². The standard InChI is InChI=1S/C13H12ClF3N4/c1-21(7-8-2-4-9(14)5-3-8)11-6-10(13(15,16)17)19-12(18)20-11/h2-6H,7H2,1H3,(H2,18,19,20). The molecular formula is C13H12ClF3N4. The first kappa shape index (κ1) is 15.4. The molecule has 0 radical (unpaired) electrons. The number of benzene rings is 1. The molecular weight excluding hydrogens is 305 g/mol. The smallest absolute Gasteiger partial charge is 0.368 e. The second-order valence-electron chi connectivity index (χ2n) is 4.45. The summed E-state index contributed by atoms with van der Waals surface area (Å²) in [7, 11) is 1.62. The van der Waals surface area contributed by atoms with E-state index in [9.17, 15) is 13.2 Å². The van der Waals surface area contributed by atoms with E-state index in [1.165, 1.54) is 0 Å². The van der Waals surface area contributed by atoms with Crippen molar-refractivity contribution in [3.63, 3.8) is 0 Å². The minimum absolute atomic E-state index is 0.102. The van der Waals surface area contributed by atoms with Gasteiger partial charge in [-0.1, -0.05) is 23.7 Å². The molecule has 0 saturated heterocycles. The van der Waals surface area contributed by atoms with E-state index < -0.39 is 17.8 Å². The van der Waals surface area contributed by atoms with Gasteiger partial charge >= 0.3 is 6.18 Å². The van der Waals surface area contributed by atoms with E-state index in [-0.39, 0.29) is 5.82 Å². The highest BCUT2D eigenvalue weighted by Gasteiger charge is 2.33. The van der Waals surface area contributed by atoms with Crippen LogP contribution in [0.4, 0.5) is 24.9 Å². The van der Waals surface area contributed by atoms with Crippen LogP contribution in [-0.4, -0.2) is 17.0 Å². The highest BCUT2D eigenvalue weighted by Crippen LogP contribution is 2.30. The quantitative estimate of drug-likeness (QED) is 0.943. The van der Waals surface area contributed by atoms with Gasteiger partial charge in [0.25, 0.3) is 0 Å². The Morgan fingerprint density at radius 2 is 1.81 bits per heavy atom. The highest BCUT2D eigenvalue weighted by atomic mass is 35.5. The van der Waals surface area contributed by atoms with Crippen LogP contribution in [0.5, 0.6) is 0 Å². The molecule has 2 rings (SSSR count). The van der Waals surface area contributed by atoms with Crippen molar-refractivity contribution < 1.29 is 13.2 Å². The van der Waals surface area contributed by atoms with Crippen LogP contribution >= 0.6 is 11.6 Å². The molecule has 8 heteroatoms. The van der Waals surface area contributed by atoms with Gasteiger partial charge in [0.2, 0.25) is 5.95 Å². The van der Waals surface area contributed by atoms with E-state index in [1.807, 2.05) is 0 Å². The number of rotatable bonds is 3. The zero-order chi connectivity index (χ0) is 15.6. The number of alkyl halides is 3. The number of halogens is 4. The third-order valence-electron chi connectivity index (χ3n) is 2.74. The van der Waals surface area contributed by atoms with Crippen LogP contribution in [0.1, 0.15) is 11.3 Å². The summed E-state index contributed by atoms with van der Waals surface area (Å²) in [5.74, 6) is -0.312. The van der Waals surface area contributed by atoms with Crippen molar-refractivity contribution in [2.24, 2.45) is 0 Å². The molecule has 4 nitrogen and oxygen atoms in total. The first-order valence-corrected chi connectivity index (χ1v) is 6.31. The van der Waals surface area contributed by atoms with Gasteiger partial charge in [-0.3, -0.25) is 0 Å². The molecule has 112 valence electrons. The number of hydrogen-bond acceptors (Lipinski definition) is 4.